The van der Waals surface area contributed by atoms with Gasteiger partial charge in [0.05, 0.1) is 17.0 Å². The normalized spacial score (nSPS) is 21.2. The van der Waals surface area contributed by atoms with E-state index >= 15 is 0 Å². The average Bonchev–Trinajstić information content (AvgIpc) is 3.39. The van der Waals surface area contributed by atoms with E-state index in [1.807, 2.05) is 31.9 Å². The number of likely N-dealkylation sites (N-methyl/N-ethyl adjacent to an activating group) is 1. The zero-order valence-corrected chi connectivity index (χ0v) is 15.5. The highest BCUT2D eigenvalue weighted by Gasteiger charge is 2.35. The van der Waals surface area contributed by atoms with Gasteiger partial charge in [0.25, 0.3) is 5.91 Å². The summed E-state index contributed by atoms with van der Waals surface area (Å²) in [4.78, 5) is 21.7. The third-order valence-corrected chi connectivity index (χ3v) is 5.18. The largest absolute Gasteiger partial charge is 0.338 e. The molecular weight excluding hydrogens is 332 g/mol. The summed E-state index contributed by atoms with van der Waals surface area (Å²) < 4.78 is 5.51. The van der Waals surface area contributed by atoms with E-state index in [2.05, 4.69) is 25.2 Å². The molecule has 2 aromatic heterocycles. The van der Waals surface area contributed by atoms with Crippen LogP contribution in [-0.4, -0.2) is 62.7 Å². The molecule has 2 fully saturated rings. The second-order valence-electron chi connectivity index (χ2n) is 7.21. The topological polar surface area (TPSA) is 88.3 Å². The molecule has 138 valence electrons. The van der Waals surface area contributed by atoms with Crippen molar-refractivity contribution in [2.24, 2.45) is 0 Å². The maximum Gasteiger partial charge on any atom is 0.255 e. The second kappa shape index (κ2) is 6.75. The third kappa shape index (κ3) is 3.21. The van der Waals surface area contributed by atoms with E-state index in [9.17, 15) is 4.79 Å². The molecule has 2 aromatic rings. The van der Waals surface area contributed by atoms with Gasteiger partial charge in [0.15, 0.2) is 5.82 Å². The van der Waals surface area contributed by atoms with E-state index < -0.39 is 0 Å². The lowest BCUT2D eigenvalue weighted by Crippen LogP contribution is -2.49. The summed E-state index contributed by atoms with van der Waals surface area (Å²) in [6.45, 7) is 5.80. The van der Waals surface area contributed by atoms with Gasteiger partial charge in [-0.3, -0.25) is 9.69 Å². The van der Waals surface area contributed by atoms with Gasteiger partial charge in [-0.05, 0) is 39.3 Å². The number of aryl methyl sites for hydroxylation is 2. The van der Waals surface area contributed by atoms with E-state index in [4.69, 9.17) is 4.52 Å². The van der Waals surface area contributed by atoms with Crippen LogP contribution in [0.2, 0.25) is 0 Å². The van der Waals surface area contributed by atoms with Gasteiger partial charge in [-0.1, -0.05) is 12.1 Å². The Morgan fingerprint density at radius 3 is 2.85 bits per heavy atom. The minimum Gasteiger partial charge on any atom is -0.338 e. The molecule has 26 heavy (non-hydrogen) atoms. The van der Waals surface area contributed by atoms with Crippen molar-refractivity contribution in [1.82, 2.24) is 30.1 Å². The molecular formula is C18H24N6O2. The molecule has 1 atom stereocenters. The Morgan fingerprint density at radius 2 is 2.12 bits per heavy atom. The van der Waals surface area contributed by atoms with Gasteiger partial charge in [0, 0.05) is 25.6 Å². The summed E-state index contributed by atoms with van der Waals surface area (Å²) in [6, 6.07) is 1.76. The van der Waals surface area contributed by atoms with Crippen LogP contribution in [0.1, 0.15) is 65.2 Å². The monoisotopic (exact) mass is 356 g/mol. The molecule has 1 unspecified atom stereocenters. The Balaban J connectivity index is 1.55. The van der Waals surface area contributed by atoms with E-state index in [1.165, 1.54) is 0 Å². The fourth-order valence-corrected chi connectivity index (χ4v) is 3.35. The van der Waals surface area contributed by atoms with Gasteiger partial charge in [-0.2, -0.15) is 15.2 Å². The standard InChI is InChI=1S/C18H24N6O2/c1-4-14-13(9-11(2)20-21-14)18(25)24-8-7-23(3)15(10-24)17-19-16(22-26-17)12-5-6-12/h9,12,15H,4-8,10H2,1-3H3. The minimum atomic E-state index is -0.0753. The van der Waals surface area contributed by atoms with Crippen LogP contribution < -0.4 is 0 Å². The first-order valence-electron chi connectivity index (χ1n) is 9.23. The molecule has 3 heterocycles. The van der Waals surface area contributed by atoms with Crippen molar-refractivity contribution >= 4 is 5.91 Å². The van der Waals surface area contributed by atoms with Crippen molar-refractivity contribution in [3.8, 4) is 0 Å². The van der Waals surface area contributed by atoms with Crippen LogP contribution in [0.15, 0.2) is 10.6 Å². The molecule has 4 rings (SSSR count). The molecule has 8 heteroatoms. The number of carbonyl (C=O) groups excluding carboxylic acids is 1. The number of hydrogen-bond donors (Lipinski definition) is 0. The maximum absolute atomic E-state index is 13.1. The molecule has 0 aromatic carbocycles. The molecule has 1 aliphatic heterocycles. The van der Waals surface area contributed by atoms with Gasteiger partial charge in [0.1, 0.15) is 6.04 Å². The van der Waals surface area contributed by atoms with Crippen LogP contribution in [0.3, 0.4) is 0 Å². The molecule has 1 saturated carbocycles. The first-order chi connectivity index (χ1) is 12.6. The summed E-state index contributed by atoms with van der Waals surface area (Å²) in [6.07, 6.45) is 2.95. The van der Waals surface area contributed by atoms with Crippen molar-refractivity contribution in [3.63, 3.8) is 0 Å². The van der Waals surface area contributed by atoms with Crippen LogP contribution in [-0.2, 0) is 6.42 Å². The van der Waals surface area contributed by atoms with E-state index in [1.54, 1.807) is 0 Å². The van der Waals surface area contributed by atoms with Gasteiger partial charge in [0.2, 0.25) is 5.89 Å². The Kier molecular flexibility index (Phi) is 4.44. The van der Waals surface area contributed by atoms with Gasteiger partial charge >= 0.3 is 0 Å². The summed E-state index contributed by atoms with van der Waals surface area (Å²) >= 11 is 0. The summed E-state index contributed by atoms with van der Waals surface area (Å²) in [5, 5.41) is 12.4. The van der Waals surface area contributed by atoms with E-state index in [0.29, 0.717) is 36.9 Å². The fourth-order valence-electron chi connectivity index (χ4n) is 3.35. The Hall–Kier alpha value is -2.35. The van der Waals surface area contributed by atoms with Crippen LogP contribution in [0.25, 0.3) is 0 Å². The maximum atomic E-state index is 13.1. The summed E-state index contributed by atoms with van der Waals surface area (Å²) in [5.74, 6) is 1.86. The number of piperazine rings is 1. The summed E-state index contributed by atoms with van der Waals surface area (Å²) in [7, 11) is 2.03. The fraction of sp³-hybridized carbons (Fsp3) is 0.611. The highest BCUT2D eigenvalue weighted by Crippen LogP contribution is 2.38. The summed E-state index contributed by atoms with van der Waals surface area (Å²) in [5.41, 5.74) is 2.14. The Labute approximate surface area is 152 Å². The van der Waals surface area contributed by atoms with Gasteiger partial charge in [-0.15, -0.1) is 0 Å². The molecule has 0 bridgehead atoms. The Bertz CT molecular complexity index is 816. The highest BCUT2D eigenvalue weighted by molar-refractivity contribution is 5.95. The lowest BCUT2D eigenvalue weighted by Gasteiger charge is -2.37. The highest BCUT2D eigenvalue weighted by atomic mass is 16.5. The predicted octanol–water partition coefficient (Wildman–Crippen LogP) is 1.74. The number of nitrogens with zero attached hydrogens (tertiary/aromatic N) is 6. The smallest absolute Gasteiger partial charge is 0.255 e. The third-order valence-electron chi connectivity index (χ3n) is 5.18. The number of carbonyl (C=O) groups is 1. The number of aromatic nitrogens is 4. The molecule has 0 radical (unpaired) electrons. The first kappa shape index (κ1) is 17.1. The van der Waals surface area contributed by atoms with Crippen LogP contribution in [0.5, 0.6) is 0 Å². The van der Waals surface area contributed by atoms with Gasteiger partial charge < -0.3 is 9.42 Å². The molecule has 2 aliphatic rings. The SMILES string of the molecule is CCc1nnc(C)cc1C(=O)N1CCN(C)C(c2nc(C3CC3)no2)C1. The minimum absolute atomic E-state index is 0.000110. The van der Waals surface area contributed by atoms with Crippen LogP contribution in [0.4, 0.5) is 0 Å². The molecule has 0 spiro atoms. The quantitative estimate of drug-likeness (QED) is 0.824. The van der Waals surface area contributed by atoms with Crippen molar-refractivity contribution in [2.75, 3.05) is 26.7 Å². The van der Waals surface area contributed by atoms with Gasteiger partial charge in [-0.25, -0.2) is 0 Å². The zero-order valence-electron chi connectivity index (χ0n) is 15.5. The number of hydrogen-bond acceptors (Lipinski definition) is 7. The number of amides is 1. The van der Waals surface area contributed by atoms with Crippen LogP contribution in [0, 0.1) is 6.92 Å². The molecule has 1 amide bonds. The molecule has 1 saturated heterocycles. The van der Waals surface area contributed by atoms with Crippen molar-refractivity contribution in [2.45, 2.75) is 45.1 Å². The van der Waals surface area contributed by atoms with Crippen molar-refractivity contribution in [3.05, 3.63) is 34.7 Å². The second-order valence-corrected chi connectivity index (χ2v) is 7.21. The van der Waals surface area contributed by atoms with Crippen molar-refractivity contribution < 1.29 is 9.32 Å². The predicted molar refractivity (Wildman–Crippen MR) is 93.7 cm³/mol. The van der Waals surface area contributed by atoms with Crippen LogP contribution >= 0.6 is 0 Å². The lowest BCUT2D eigenvalue weighted by atomic mass is 10.1. The average molecular weight is 356 g/mol. The zero-order chi connectivity index (χ0) is 18.3. The first-order valence-corrected chi connectivity index (χ1v) is 9.23. The molecule has 1 aliphatic carbocycles. The number of rotatable bonds is 4. The van der Waals surface area contributed by atoms with E-state index in [0.717, 1.165) is 36.6 Å². The van der Waals surface area contributed by atoms with Crippen molar-refractivity contribution in [1.29, 1.82) is 0 Å². The molecule has 0 N–H and O–H groups in total. The lowest BCUT2D eigenvalue weighted by molar-refractivity contribution is 0.0487. The molecule has 8 nitrogen and oxygen atoms in total. The Morgan fingerprint density at radius 1 is 1.31 bits per heavy atom. The van der Waals surface area contributed by atoms with E-state index in [-0.39, 0.29) is 11.9 Å².